The molecule has 1 N–H and O–H groups in total. The summed E-state index contributed by atoms with van der Waals surface area (Å²) >= 11 is 3.33. The Morgan fingerprint density at radius 2 is 1.59 bits per heavy atom. The van der Waals surface area contributed by atoms with Crippen molar-refractivity contribution in [2.75, 3.05) is 12.4 Å². The largest absolute Gasteiger partial charge is 0.387 e. The number of ketones is 3. The summed E-state index contributed by atoms with van der Waals surface area (Å²) in [5, 5.41) is 2.90. The first-order valence-electron chi connectivity index (χ1n) is 6.71. The summed E-state index contributed by atoms with van der Waals surface area (Å²) in [4.78, 5) is 37.4. The van der Waals surface area contributed by atoms with Gasteiger partial charge in [-0.2, -0.15) is 0 Å². The number of hydrogen-bond donors (Lipinski definition) is 1. The number of carbonyl (C=O) groups is 3. The van der Waals surface area contributed by atoms with Gasteiger partial charge in [0, 0.05) is 28.2 Å². The number of benzene rings is 2. The molecule has 1 aliphatic rings. The average molecular weight is 358 g/mol. The van der Waals surface area contributed by atoms with E-state index >= 15 is 0 Å². The van der Waals surface area contributed by atoms with E-state index < -0.39 is 0 Å². The van der Waals surface area contributed by atoms with Crippen molar-refractivity contribution in [1.82, 2.24) is 0 Å². The predicted octanol–water partition coefficient (Wildman–Crippen LogP) is 3.47. The third-order valence-electron chi connectivity index (χ3n) is 3.78. The van der Waals surface area contributed by atoms with Gasteiger partial charge in [0.15, 0.2) is 17.3 Å². The third kappa shape index (κ3) is 1.93. The standard InChI is InChI=1S/C17H12BrNO3/c1-8(20)11-7-12(18)13-14(15(11)19-2)17(22)10-6-4-3-5-9(10)16(13)21/h3-7,19H,1-2H3. The van der Waals surface area contributed by atoms with Gasteiger partial charge < -0.3 is 5.32 Å². The van der Waals surface area contributed by atoms with Gasteiger partial charge in [-0.15, -0.1) is 0 Å². The van der Waals surface area contributed by atoms with E-state index in [1.807, 2.05) is 0 Å². The molecule has 0 bridgehead atoms. The molecule has 0 saturated carbocycles. The average Bonchev–Trinajstić information content (AvgIpc) is 2.51. The number of halogens is 1. The van der Waals surface area contributed by atoms with Crippen molar-refractivity contribution in [2.24, 2.45) is 0 Å². The first kappa shape index (κ1) is 14.7. The highest BCUT2D eigenvalue weighted by Crippen LogP contribution is 2.38. The van der Waals surface area contributed by atoms with Crippen LogP contribution in [0.5, 0.6) is 0 Å². The molecule has 0 fully saturated rings. The minimum Gasteiger partial charge on any atom is -0.387 e. The third-order valence-corrected chi connectivity index (χ3v) is 4.40. The Morgan fingerprint density at radius 3 is 2.09 bits per heavy atom. The SMILES string of the molecule is CNc1c(C(C)=O)cc(Br)c2c1C(=O)c1ccccc1C2=O. The number of carbonyl (C=O) groups excluding carboxylic acids is 3. The number of anilines is 1. The molecule has 0 amide bonds. The summed E-state index contributed by atoms with van der Waals surface area (Å²) in [5.74, 6) is -0.644. The van der Waals surface area contributed by atoms with Crippen LogP contribution in [0.2, 0.25) is 0 Å². The van der Waals surface area contributed by atoms with E-state index in [0.717, 1.165) is 0 Å². The Hall–Kier alpha value is -2.27. The quantitative estimate of drug-likeness (QED) is 0.713. The monoisotopic (exact) mass is 357 g/mol. The zero-order chi connectivity index (χ0) is 16.0. The number of rotatable bonds is 2. The van der Waals surface area contributed by atoms with Crippen LogP contribution >= 0.6 is 15.9 Å². The first-order chi connectivity index (χ1) is 10.5. The van der Waals surface area contributed by atoms with Gasteiger partial charge >= 0.3 is 0 Å². The fraction of sp³-hybridized carbons (Fsp3) is 0.118. The van der Waals surface area contributed by atoms with Crippen molar-refractivity contribution in [2.45, 2.75) is 6.92 Å². The highest BCUT2D eigenvalue weighted by atomic mass is 79.9. The van der Waals surface area contributed by atoms with E-state index in [1.165, 1.54) is 6.92 Å². The Labute approximate surface area is 135 Å². The Bertz CT molecular complexity index is 855. The molecule has 110 valence electrons. The summed E-state index contributed by atoms with van der Waals surface area (Å²) in [5.41, 5.74) is 2.10. The Morgan fingerprint density at radius 1 is 1.05 bits per heavy atom. The molecule has 2 aromatic rings. The van der Waals surface area contributed by atoms with Gasteiger partial charge in [0.25, 0.3) is 0 Å². The van der Waals surface area contributed by atoms with E-state index in [4.69, 9.17) is 0 Å². The predicted molar refractivity (Wildman–Crippen MR) is 87.0 cm³/mol. The second-order valence-electron chi connectivity index (χ2n) is 5.04. The summed E-state index contributed by atoms with van der Waals surface area (Å²) in [7, 11) is 1.63. The fourth-order valence-corrected chi connectivity index (χ4v) is 3.39. The lowest BCUT2D eigenvalue weighted by atomic mass is 9.82. The maximum atomic E-state index is 12.8. The van der Waals surface area contributed by atoms with Crippen molar-refractivity contribution >= 4 is 39.0 Å². The molecule has 2 aromatic carbocycles. The molecular weight excluding hydrogens is 346 g/mol. The lowest BCUT2D eigenvalue weighted by Gasteiger charge is -2.23. The second kappa shape index (κ2) is 5.18. The molecular formula is C17H12BrNO3. The molecule has 0 radical (unpaired) electrons. The normalized spacial score (nSPS) is 12.7. The molecule has 5 heteroatoms. The minimum atomic E-state index is -0.252. The van der Waals surface area contributed by atoms with Crippen molar-refractivity contribution in [1.29, 1.82) is 0 Å². The number of Topliss-reactive ketones (excluding diaryl/α,β-unsaturated/α-hetero) is 1. The summed E-state index contributed by atoms with van der Waals surface area (Å²) in [6.45, 7) is 1.43. The van der Waals surface area contributed by atoms with Crippen LogP contribution < -0.4 is 5.32 Å². The van der Waals surface area contributed by atoms with Gasteiger partial charge in [0.1, 0.15) is 0 Å². The number of fused-ring (bicyclic) bond motifs is 2. The highest BCUT2D eigenvalue weighted by Gasteiger charge is 2.34. The first-order valence-corrected chi connectivity index (χ1v) is 7.50. The number of hydrogen-bond acceptors (Lipinski definition) is 4. The van der Waals surface area contributed by atoms with Gasteiger partial charge in [-0.1, -0.05) is 24.3 Å². The summed E-state index contributed by atoms with van der Waals surface area (Å²) in [6.07, 6.45) is 0. The van der Waals surface area contributed by atoms with E-state index in [9.17, 15) is 14.4 Å². The summed E-state index contributed by atoms with van der Waals surface area (Å²) in [6, 6.07) is 8.31. The lowest BCUT2D eigenvalue weighted by molar-refractivity contribution is 0.0977. The van der Waals surface area contributed by atoms with Gasteiger partial charge in [-0.3, -0.25) is 14.4 Å². The zero-order valence-electron chi connectivity index (χ0n) is 12.0. The molecule has 0 unspecified atom stereocenters. The topological polar surface area (TPSA) is 63.2 Å². The van der Waals surface area contributed by atoms with Crippen LogP contribution in [0.15, 0.2) is 34.8 Å². The van der Waals surface area contributed by atoms with Gasteiger partial charge in [-0.25, -0.2) is 0 Å². The molecule has 22 heavy (non-hydrogen) atoms. The van der Waals surface area contributed by atoms with Crippen LogP contribution in [0.1, 0.15) is 49.1 Å². The molecule has 4 nitrogen and oxygen atoms in total. The van der Waals surface area contributed by atoms with Crippen molar-refractivity contribution in [3.63, 3.8) is 0 Å². The number of nitrogens with one attached hydrogen (secondary N) is 1. The van der Waals surface area contributed by atoms with Gasteiger partial charge in [-0.05, 0) is 28.9 Å². The zero-order valence-corrected chi connectivity index (χ0v) is 13.6. The maximum absolute atomic E-state index is 12.8. The second-order valence-corrected chi connectivity index (χ2v) is 5.90. The summed E-state index contributed by atoms with van der Waals surface area (Å²) < 4.78 is 0.458. The molecule has 3 rings (SSSR count). The van der Waals surface area contributed by atoms with Crippen LogP contribution in [-0.4, -0.2) is 24.4 Å². The minimum absolute atomic E-state index is 0.174. The lowest BCUT2D eigenvalue weighted by Crippen LogP contribution is -2.24. The van der Waals surface area contributed by atoms with Crippen LogP contribution in [0.4, 0.5) is 5.69 Å². The Kier molecular flexibility index (Phi) is 3.45. The Balaban J connectivity index is 2.42. The molecule has 0 aliphatic heterocycles. The van der Waals surface area contributed by atoms with Crippen LogP contribution in [0, 0.1) is 0 Å². The molecule has 0 spiro atoms. The van der Waals surface area contributed by atoms with Crippen molar-refractivity contribution in [3.8, 4) is 0 Å². The van der Waals surface area contributed by atoms with Gasteiger partial charge in [0.2, 0.25) is 0 Å². The van der Waals surface area contributed by atoms with Crippen LogP contribution in [0.3, 0.4) is 0 Å². The molecule has 0 saturated heterocycles. The molecule has 0 atom stereocenters. The van der Waals surface area contributed by atoms with Crippen LogP contribution in [0.25, 0.3) is 0 Å². The van der Waals surface area contributed by atoms with E-state index in [2.05, 4.69) is 21.2 Å². The molecule has 0 aromatic heterocycles. The highest BCUT2D eigenvalue weighted by molar-refractivity contribution is 9.10. The van der Waals surface area contributed by atoms with E-state index in [-0.39, 0.29) is 22.9 Å². The maximum Gasteiger partial charge on any atom is 0.196 e. The van der Waals surface area contributed by atoms with E-state index in [1.54, 1.807) is 37.4 Å². The fourth-order valence-electron chi connectivity index (χ4n) is 2.78. The van der Waals surface area contributed by atoms with Gasteiger partial charge in [0.05, 0.1) is 16.8 Å². The molecule has 0 heterocycles. The van der Waals surface area contributed by atoms with Crippen LogP contribution in [-0.2, 0) is 0 Å². The molecule has 1 aliphatic carbocycles. The van der Waals surface area contributed by atoms with Crippen molar-refractivity contribution < 1.29 is 14.4 Å². The van der Waals surface area contributed by atoms with Crippen molar-refractivity contribution in [3.05, 3.63) is 62.6 Å². The smallest absolute Gasteiger partial charge is 0.196 e. The van der Waals surface area contributed by atoms with E-state index in [0.29, 0.717) is 32.4 Å².